The second-order valence-electron chi connectivity index (χ2n) is 3.20. The van der Waals surface area contributed by atoms with Gasteiger partial charge in [0, 0.05) is 23.0 Å². The van der Waals surface area contributed by atoms with Crippen LogP contribution in [0, 0.1) is 0 Å². The van der Waals surface area contributed by atoms with Crippen molar-refractivity contribution in [2.24, 2.45) is 0 Å². The lowest BCUT2D eigenvalue weighted by Crippen LogP contribution is -1.98. The summed E-state index contributed by atoms with van der Waals surface area (Å²) in [6, 6.07) is 4.57. The summed E-state index contributed by atoms with van der Waals surface area (Å²) in [5.74, 6) is -0.981. The molecular weight excluding hydrogens is 238 g/mol. The molecule has 0 saturated carbocycles. The number of nitrogen functional groups attached to an aromatic ring is 1. The van der Waals surface area contributed by atoms with Crippen LogP contribution in [0.25, 0.3) is 0 Å². The average Bonchev–Trinajstić information content (AvgIpc) is 2.33. The number of nitrogens with two attached hydrogens (primary N) is 1. The highest BCUT2D eigenvalue weighted by Gasteiger charge is 2.08. The van der Waals surface area contributed by atoms with E-state index in [9.17, 15) is 4.79 Å². The van der Waals surface area contributed by atoms with Gasteiger partial charge in [-0.1, -0.05) is 11.8 Å². The molecule has 0 amide bonds. The number of benzene rings is 1. The molecule has 0 fully saturated rings. The molecule has 5 nitrogen and oxygen atoms in total. The Morgan fingerprint density at radius 1 is 1.35 bits per heavy atom. The Balaban J connectivity index is 2.32. The Bertz CT molecular complexity index is 546. The van der Waals surface area contributed by atoms with Gasteiger partial charge in [-0.3, -0.25) is 4.98 Å². The van der Waals surface area contributed by atoms with Gasteiger partial charge in [-0.15, -0.1) is 0 Å². The lowest BCUT2D eigenvalue weighted by Gasteiger charge is -2.05. The zero-order valence-corrected chi connectivity index (χ0v) is 9.52. The van der Waals surface area contributed by atoms with E-state index in [1.165, 1.54) is 23.9 Å². The number of aromatic carboxylic acids is 1. The van der Waals surface area contributed by atoms with Gasteiger partial charge in [-0.2, -0.15) is 0 Å². The molecule has 0 aliphatic heterocycles. The van der Waals surface area contributed by atoms with Gasteiger partial charge in [0.05, 0.1) is 11.8 Å². The van der Waals surface area contributed by atoms with Crippen LogP contribution in [0.3, 0.4) is 0 Å². The summed E-state index contributed by atoms with van der Waals surface area (Å²) < 4.78 is 0. The first kappa shape index (κ1) is 11.4. The number of aromatic nitrogens is 2. The number of rotatable bonds is 3. The average molecular weight is 247 g/mol. The van der Waals surface area contributed by atoms with E-state index in [2.05, 4.69) is 9.97 Å². The molecule has 0 aliphatic carbocycles. The molecular formula is C11H9N3O2S. The second kappa shape index (κ2) is 4.84. The molecule has 3 N–H and O–H groups in total. The highest BCUT2D eigenvalue weighted by Crippen LogP contribution is 2.30. The molecule has 0 saturated heterocycles. The fourth-order valence-electron chi connectivity index (χ4n) is 1.21. The molecule has 1 aromatic carbocycles. The number of anilines is 1. The maximum atomic E-state index is 10.8. The molecule has 86 valence electrons. The molecule has 0 radical (unpaired) electrons. The number of nitrogens with zero attached hydrogens (tertiary/aromatic N) is 2. The van der Waals surface area contributed by atoms with Crippen molar-refractivity contribution >= 4 is 23.4 Å². The van der Waals surface area contributed by atoms with Gasteiger partial charge in [0.1, 0.15) is 5.03 Å². The minimum atomic E-state index is -0.981. The zero-order valence-electron chi connectivity index (χ0n) is 8.70. The molecule has 2 rings (SSSR count). The standard InChI is InChI=1S/C11H9N3O2S/c12-8-2-1-7(11(15)16)5-9(8)17-10-6-13-3-4-14-10/h1-6H,12H2,(H,15,16). The summed E-state index contributed by atoms with van der Waals surface area (Å²) in [7, 11) is 0. The Hall–Kier alpha value is -2.08. The van der Waals surface area contributed by atoms with E-state index >= 15 is 0 Å². The predicted octanol–water partition coefficient (Wildman–Crippen LogP) is 1.91. The third-order valence-electron chi connectivity index (χ3n) is 2.01. The molecule has 0 aliphatic rings. The van der Waals surface area contributed by atoms with Gasteiger partial charge in [0.2, 0.25) is 0 Å². The minimum absolute atomic E-state index is 0.200. The number of carbonyl (C=O) groups is 1. The van der Waals surface area contributed by atoms with Crippen molar-refractivity contribution in [3.63, 3.8) is 0 Å². The van der Waals surface area contributed by atoms with Crippen LogP contribution in [0.4, 0.5) is 5.69 Å². The van der Waals surface area contributed by atoms with Crippen molar-refractivity contribution < 1.29 is 9.90 Å². The molecule has 6 heteroatoms. The lowest BCUT2D eigenvalue weighted by atomic mass is 10.2. The monoisotopic (exact) mass is 247 g/mol. The molecule has 17 heavy (non-hydrogen) atoms. The van der Waals surface area contributed by atoms with Crippen LogP contribution in [0.15, 0.2) is 46.7 Å². The van der Waals surface area contributed by atoms with Crippen LogP contribution < -0.4 is 5.73 Å². The SMILES string of the molecule is Nc1ccc(C(=O)O)cc1Sc1cnccn1. The number of carboxylic acid groups (broad SMARTS) is 1. The fourth-order valence-corrected chi connectivity index (χ4v) is 2.03. The van der Waals surface area contributed by atoms with Crippen molar-refractivity contribution in [1.29, 1.82) is 0 Å². The second-order valence-corrected chi connectivity index (χ2v) is 4.27. The van der Waals surface area contributed by atoms with Gasteiger partial charge in [-0.05, 0) is 18.2 Å². The van der Waals surface area contributed by atoms with E-state index in [0.29, 0.717) is 15.6 Å². The first-order valence-corrected chi connectivity index (χ1v) is 5.55. The summed E-state index contributed by atoms with van der Waals surface area (Å²) >= 11 is 1.28. The Labute approximate surface area is 102 Å². The summed E-state index contributed by atoms with van der Waals surface area (Å²) in [4.78, 5) is 19.5. The Morgan fingerprint density at radius 2 is 2.18 bits per heavy atom. The Kier molecular flexibility index (Phi) is 3.24. The summed E-state index contributed by atoms with van der Waals surface area (Å²) in [5, 5.41) is 9.56. The van der Waals surface area contributed by atoms with Crippen LogP contribution in [-0.2, 0) is 0 Å². The van der Waals surface area contributed by atoms with Gasteiger partial charge in [0.25, 0.3) is 0 Å². The molecule has 0 bridgehead atoms. The van der Waals surface area contributed by atoms with E-state index in [1.54, 1.807) is 24.7 Å². The van der Waals surface area contributed by atoms with Gasteiger partial charge < -0.3 is 10.8 Å². The van der Waals surface area contributed by atoms with Crippen molar-refractivity contribution in [1.82, 2.24) is 9.97 Å². The fraction of sp³-hybridized carbons (Fsp3) is 0. The molecule has 2 aromatic rings. The van der Waals surface area contributed by atoms with Crippen LogP contribution in [0.5, 0.6) is 0 Å². The number of carboxylic acids is 1. The van der Waals surface area contributed by atoms with Crippen molar-refractivity contribution in [2.75, 3.05) is 5.73 Å². The van der Waals surface area contributed by atoms with Crippen LogP contribution in [-0.4, -0.2) is 21.0 Å². The molecule has 1 heterocycles. The summed E-state index contributed by atoms with van der Waals surface area (Å²) in [6.07, 6.45) is 4.73. The largest absolute Gasteiger partial charge is 0.478 e. The van der Waals surface area contributed by atoms with Crippen LogP contribution >= 0.6 is 11.8 Å². The number of hydrogen-bond acceptors (Lipinski definition) is 5. The van der Waals surface area contributed by atoms with Crippen LogP contribution in [0.1, 0.15) is 10.4 Å². The molecule has 1 aromatic heterocycles. The lowest BCUT2D eigenvalue weighted by molar-refractivity contribution is 0.0696. The third kappa shape index (κ3) is 2.73. The van der Waals surface area contributed by atoms with E-state index in [4.69, 9.17) is 10.8 Å². The molecule has 0 spiro atoms. The van der Waals surface area contributed by atoms with Gasteiger partial charge >= 0.3 is 5.97 Å². The molecule has 0 unspecified atom stereocenters. The van der Waals surface area contributed by atoms with Crippen LogP contribution in [0.2, 0.25) is 0 Å². The predicted molar refractivity (Wildman–Crippen MR) is 64.0 cm³/mol. The Morgan fingerprint density at radius 3 is 2.82 bits per heavy atom. The van der Waals surface area contributed by atoms with E-state index in [0.717, 1.165) is 0 Å². The number of hydrogen-bond donors (Lipinski definition) is 2. The first-order chi connectivity index (χ1) is 8.16. The van der Waals surface area contributed by atoms with E-state index in [1.807, 2.05) is 0 Å². The van der Waals surface area contributed by atoms with E-state index in [-0.39, 0.29) is 5.56 Å². The van der Waals surface area contributed by atoms with Gasteiger partial charge in [0.15, 0.2) is 0 Å². The highest BCUT2D eigenvalue weighted by molar-refractivity contribution is 7.99. The maximum Gasteiger partial charge on any atom is 0.335 e. The molecule has 0 atom stereocenters. The highest BCUT2D eigenvalue weighted by atomic mass is 32.2. The summed E-state index contributed by atoms with van der Waals surface area (Å²) in [6.45, 7) is 0. The van der Waals surface area contributed by atoms with Crippen molar-refractivity contribution in [3.05, 3.63) is 42.4 Å². The minimum Gasteiger partial charge on any atom is -0.478 e. The normalized spacial score (nSPS) is 10.1. The maximum absolute atomic E-state index is 10.8. The third-order valence-corrected chi connectivity index (χ3v) is 3.01. The van der Waals surface area contributed by atoms with E-state index < -0.39 is 5.97 Å². The smallest absolute Gasteiger partial charge is 0.335 e. The first-order valence-electron chi connectivity index (χ1n) is 4.73. The van der Waals surface area contributed by atoms with Gasteiger partial charge in [-0.25, -0.2) is 9.78 Å². The topological polar surface area (TPSA) is 89.1 Å². The van der Waals surface area contributed by atoms with Crippen molar-refractivity contribution in [3.8, 4) is 0 Å². The van der Waals surface area contributed by atoms with Crippen molar-refractivity contribution in [2.45, 2.75) is 9.92 Å². The zero-order chi connectivity index (χ0) is 12.3. The quantitative estimate of drug-likeness (QED) is 0.805. The summed E-state index contributed by atoms with van der Waals surface area (Å²) in [5.41, 5.74) is 6.49.